The third-order valence-corrected chi connectivity index (χ3v) is 3.30. The maximum Gasteiger partial charge on any atom is 0.208 e. The van der Waals surface area contributed by atoms with Gasteiger partial charge in [0.05, 0.1) is 31.6 Å². The second-order valence-electron chi connectivity index (χ2n) is 4.95. The Balaban J connectivity index is 1.64. The Morgan fingerprint density at radius 1 is 1.37 bits per heavy atom. The van der Waals surface area contributed by atoms with Crippen molar-refractivity contribution in [2.75, 3.05) is 39.4 Å². The Morgan fingerprint density at radius 2 is 2.11 bits per heavy atom. The Bertz CT molecular complexity index is 369. The number of oxazole rings is 1. The van der Waals surface area contributed by atoms with Crippen LogP contribution in [0.25, 0.3) is 0 Å². The molecule has 6 heteroatoms. The number of nitrogens with zero attached hydrogens (tertiary/aromatic N) is 2. The minimum Gasteiger partial charge on any atom is -0.444 e. The lowest BCUT2D eigenvalue weighted by molar-refractivity contribution is 0.0148. The van der Waals surface area contributed by atoms with Crippen LogP contribution in [0, 0.1) is 13.8 Å². The molecule has 1 atom stereocenters. The summed E-state index contributed by atoms with van der Waals surface area (Å²) in [7, 11) is 0. The first-order chi connectivity index (χ1) is 9.15. The Labute approximate surface area is 113 Å². The van der Waals surface area contributed by atoms with Crippen molar-refractivity contribution in [3.05, 3.63) is 17.3 Å². The van der Waals surface area contributed by atoms with E-state index in [1.807, 2.05) is 13.8 Å². The summed E-state index contributed by atoms with van der Waals surface area (Å²) in [6, 6.07) is 0. The molecule has 1 aromatic heterocycles. The highest BCUT2D eigenvalue weighted by Crippen LogP contribution is 2.07. The Hall–Kier alpha value is -0.950. The van der Waals surface area contributed by atoms with Gasteiger partial charge in [0.15, 0.2) is 0 Å². The molecule has 1 fully saturated rings. The summed E-state index contributed by atoms with van der Waals surface area (Å²) in [5.41, 5.74) is 0.922. The zero-order valence-electron chi connectivity index (χ0n) is 11.7. The molecule has 0 aromatic carbocycles. The van der Waals surface area contributed by atoms with Gasteiger partial charge in [-0.15, -0.1) is 0 Å². The summed E-state index contributed by atoms with van der Waals surface area (Å²) < 4.78 is 10.7. The number of rotatable bonds is 6. The van der Waals surface area contributed by atoms with Gasteiger partial charge in [0.1, 0.15) is 5.76 Å². The van der Waals surface area contributed by atoms with Crippen LogP contribution in [-0.2, 0) is 11.3 Å². The number of aliphatic hydroxyl groups excluding tert-OH is 1. The highest BCUT2D eigenvalue weighted by Gasteiger charge is 2.14. The van der Waals surface area contributed by atoms with E-state index in [0.29, 0.717) is 25.5 Å². The maximum absolute atomic E-state index is 9.94. The van der Waals surface area contributed by atoms with E-state index < -0.39 is 0 Å². The van der Waals surface area contributed by atoms with Crippen molar-refractivity contribution in [3.63, 3.8) is 0 Å². The highest BCUT2D eigenvalue weighted by molar-refractivity contribution is 5.05. The first-order valence-corrected chi connectivity index (χ1v) is 6.77. The quantitative estimate of drug-likeness (QED) is 0.762. The lowest BCUT2D eigenvalue weighted by atomic mass is 10.3. The van der Waals surface area contributed by atoms with E-state index in [1.54, 1.807) is 0 Å². The van der Waals surface area contributed by atoms with Crippen LogP contribution < -0.4 is 5.32 Å². The summed E-state index contributed by atoms with van der Waals surface area (Å²) in [6.45, 7) is 8.91. The second-order valence-corrected chi connectivity index (χ2v) is 4.95. The normalized spacial score (nSPS) is 18.7. The lowest BCUT2D eigenvalue weighted by Gasteiger charge is -2.28. The van der Waals surface area contributed by atoms with Gasteiger partial charge in [-0.3, -0.25) is 4.90 Å². The zero-order chi connectivity index (χ0) is 13.7. The van der Waals surface area contributed by atoms with E-state index >= 15 is 0 Å². The predicted octanol–water partition coefficient (Wildman–Crippen LogP) is 0.0741. The largest absolute Gasteiger partial charge is 0.444 e. The molecule has 0 spiro atoms. The van der Waals surface area contributed by atoms with E-state index in [4.69, 9.17) is 9.15 Å². The SMILES string of the molecule is Cc1nc(CNCC(O)CN2CCOCC2)oc1C. The van der Waals surface area contributed by atoms with Crippen LogP contribution >= 0.6 is 0 Å². The first-order valence-electron chi connectivity index (χ1n) is 6.77. The van der Waals surface area contributed by atoms with Crippen molar-refractivity contribution in [3.8, 4) is 0 Å². The number of aliphatic hydroxyl groups is 1. The molecule has 2 N–H and O–H groups in total. The molecule has 1 aliphatic rings. The number of hydrogen-bond acceptors (Lipinski definition) is 6. The van der Waals surface area contributed by atoms with Crippen LogP contribution in [0.4, 0.5) is 0 Å². The van der Waals surface area contributed by atoms with E-state index in [9.17, 15) is 5.11 Å². The van der Waals surface area contributed by atoms with Gasteiger partial charge in [-0.25, -0.2) is 4.98 Å². The number of hydrogen-bond donors (Lipinski definition) is 2. The molecule has 2 heterocycles. The van der Waals surface area contributed by atoms with Gasteiger partial charge in [0.25, 0.3) is 0 Å². The first kappa shape index (κ1) is 14.5. The zero-order valence-corrected chi connectivity index (χ0v) is 11.7. The number of aromatic nitrogens is 1. The van der Waals surface area contributed by atoms with E-state index in [2.05, 4.69) is 15.2 Å². The van der Waals surface area contributed by atoms with Crippen molar-refractivity contribution in [2.24, 2.45) is 0 Å². The van der Waals surface area contributed by atoms with Crippen LogP contribution in [0.15, 0.2) is 4.42 Å². The molecule has 0 aliphatic carbocycles. The molecule has 6 nitrogen and oxygen atoms in total. The highest BCUT2D eigenvalue weighted by atomic mass is 16.5. The minimum absolute atomic E-state index is 0.379. The second kappa shape index (κ2) is 7.00. The van der Waals surface area contributed by atoms with Crippen LogP contribution in [0.5, 0.6) is 0 Å². The summed E-state index contributed by atoms with van der Waals surface area (Å²) >= 11 is 0. The fourth-order valence-corrected chi connectivity index (χ4v) is 2.11. The van der Waals surface area contributed by atoms with E-state index in [1.165, 1.54) is 0 Å². The van der Waals surface area contributed by atoms with Crippen molar-refractivity contribution < 1.29 is 14.3 Å². The average molecular weight is 269 g/mol. The van der Waals surface area contributed by atoms with Crippen molar-refractivity contribution >= 4 is 0 Å². The van der Waals surface area contributed by atoms with Crippen LogP contribution in [-0.4, -0.2) is 60.5 Å². The number of morpholine rings is 1. The molecular formula is C13H23N3O3. The number of ether oxygens (including phenoxy) is 1. The van der Waals surface area contributed by atoms with E-state index in [0.717, 1.165) is 37.8 Å². The molecule has 108 valence electrons. The molecular weight excluding hydrogens is 246 g/mol. The lowest BCUT2D eigenvalue weighted by Crippen LogP contribution is -2.43. The number of β-amino-alcohol motifs (C(OH)–C–C–N with tert-alkyl or cyclic N) is 1. The van der Waals surface area contributed by atoms with Crippen molar-refractivity contribution in [1.82, 2.24) is 15.2 Å². The van der Waals surface area contributed by atoms with Crippen LogP contribution in [0.1, 0.15) is 17.3 Å². The molecule has 0 saturated carbocycles. The molecule has 2 rings (SSSR count). The van der Waals surface area contributed by atoms with Gasteiger partial charge in [-0.1, -0.05) is 0 Å². The fraction of sp³-hybridized carbons (Fsp3) is 0.769. The monoisotopic (exact) mass is 269 g/mol. The predicted molar refractivity (Wildman–Crippen MR) is 70.9 cm³/mol. The van der Waals surface area contributed by atoms with Crippen molar-refractivity contribution in [1.29, 1.82) is 0 Å². The van der Waals surface area contributed by atoms with Gasteiger partial charge in [0.2, 0.25) is 5.89 Å². The van der Waals surface area contributed by atoms with Gasteiger partial charge in [-0.05, 0) is 13.8 Å². The fourth-order valence-electron chi connectivity index (χ4n) is 2.11. The molecule has 1 saturated heterocycles. The average Bonchev–Trinajstić information content (AvgIpc) is 2.70. The van der Waals surface area contributed by atoms with Gasteiger partial charge in [0, 0.05) is 26.2 Å². The molecule has 0 radical (unpaired) electrons. The third-order valence-electron chi connectivity index (χ3n) is 3.30. The van der Waals surface area contributed by atoms with Gasteiger partial charge in [-0.2, -0.15) is 0 Å². The topological polar surface area (TPSA) is 70.8 Å². The maximum atomic E-state index is 9.94. The van der Waals surface area contributed by atoms with Crippen molar-refractivity contribution in [2.45, 2.75) is 26.5 Å². The minimum atomic E-state index is -0.379. The molecule has 0 amide bonds. The Kier molecular flexibility index (Phi) is 5.33. The molecule has 1 unspecified atom stereocenters. The summed E-state index contributed by atoms with van der Waals surface area (Å²) in [5.74, 6) is 1.53. The summed E-state index contributed by atoms with van der Waals surface area (Å²) in [6.07, 6.45) is -0.379. The smallest absolute Gasteiger partial charge is 0.208 e. The standard InChI is InChI=1S/C13H23N3O3/c1-10-11(2)19-13(15-10)8-14-7-12(17)9-16-3-5-18-6-4-16/h12,14,17H,3-9H2,1-2H3. The molecule has 1 aromatic rings. The van der Waals surface area contributed by atoms with Gasteiger partial charge >= 0.3 is 0 Å². The van der Waals surface area contributed by atoms with Crippen LogP contribution in [0.3, 0.4) is 0 Å². The summed E-state index contributed by atoms with van der Waals surface area (Å²) in [5, 5.41) is 13.1. The number of nitrogens with one attached hydrogen (secondary N) is 1. The number of aryl methyl sites for hydroxylation is 2. The Morgan fingerprint density at radius 3 is 2.74 bits per heavy atom. The van der Waals surface area contributed by atoms with Gasteiger partial charge < -0.3 is 19.6 Å². The van der Waals surface area contributed by atoms with E-state index in [-0.39, 0.29) is 6.10 Å². The molecule has 19 heavy (non-hydrogen) atoms. The summed E-state index contributed by atoms with van der Waals surface area (Å²) in [4.78, 5) is 6.50. The third kappa shape index (κ3) is 4.58. The van der Waals surface area contributed by atoms with Crippen LogP contribution in [0.2, 0.25) is 0 Å². The molecule has 0 bridgehead atoms. The molecule has 1 aliphatic heterocycles.